The van der Waals surface area contributed by atoms with Gasteiger partial charge in [0.05, 0.1) is 0 Å². The molecule has 0 atom stereocenters. The van der Waals surface area contributed by atoms with Gasteiger partial charge < -0.3 is 0 Å². The highest BCUT2D eigenvalue weighted by molar-refractivity contribution is 8.03. The first kappa shape index (κ1) is 4.38. The van der Waals surface area contributed by atoms with Crippen LogP contribution in [0.25, 0.3) is 0 Å². The lowest BCUT2D eigenvalue weighted by Gasteiger charge is -1.90. The molecule has 1 rings (SSSR count). The molecule has 0 fully saturated rings. The van der Waals surface area contributed by atoms with E-state index < -0.39 is 0 Å². The maximum Gasteiger partial charge on any atom is -0.0100 e. The first-order valence-electron chi connectivity index (χ1n) is 1.59. The second-order valence-corrected chi connectivity index (χ2v) is 2.61. The van der Waals surface area contributed by atoms with E-state index in [0.717, 1.165) is 0 Å². The first-order valence-corrected chi connectivity index (χ1v) is 3.43. The van der Waals surface area contributed by atoms with Gasteiger partial charge in [0.25, 0.3) is 0 Å². The number of hydrogen-bond acceptors (Lipinski definition) is 2. The summed E-state index contributed by atoms with van der Waals surface area (Å²) in [5.41, 5.74) is 0. The summed E-state index contributed by atoms with van der Waals surface area (Å²) in [5.74, 6) is 2.05. The summed E-state index contributed by atoms with van der Waals surface area (Å²) in [6.45, 7) is 0. The fraction of sp³-hybridized carbons (Fsp3) is 0. The molecule has 1 nitrogen and oxygen atoms in total. The van der Waals surface area contributed by atoms with E-state index in [-0.39, 0.29) is 0 Å². The van der Waals surface area contributed by atoms with Gasteiger partial charge in [0, 0.05) is 0 Å². The fourth-order valence-electron chi connectivity index (χ4n) is 0.209. The molecule has 0 aromatic heterocycles. The van der Waals surface area contributed by atoms with Gasteiger partial charge in [0.2, 0.25) is 0 Å². The smallest absolute Gasteiger partial charge is 0.0100 e. The minimum Gasteiger partial charge on any atom is -0.211 e. The fourth-order valence-corrected chi connectivity index (χ4v) is 1.38. The lowest BCUT2D eigenvalue weighted by Crippen LogP contribution is -1.81. The van der Waals surface area contributed by atoms with Crippen molar-refractivity contribution in [1.29, 1.82) is 0 Å². The third-order valence-corrected chi connectivity index (χ3v) is 1.87. The Kier molecular flexibility index (Phi) is 1.75. The van der Waals surface area contributed by atoms with E-state index in [2.05, 4.69) is 10.3 Å². The van der Waals surface area contributed by atoms with Crippen molar-refractivity contribution in [2.24, 2.45) is 0 Å². The van der Waals surface area contributed by atoms with Crippen LogP contribution in [0.2, 0.25) is 0 Å². The molecular formula is C3H4NPS. The Labute approximate surface area is 42.8 Å². The summed E-state index contributed by atoms with van der Waals surface area (Å²) >= 11 is 1.62. The van der Waals surface area contributed by atoms with Crippen LogP contribution in [0.3, 0.4) is 0 Å². The highest BCUT2D eigenvalue weighted by Gasteiger charge is 1.76. The number of rotatable bonds is 0. The van der Waals surface area contributed by atoms with E-state index in [1.165, 1.54) is 8.35 Å². The van der Waals surface area contributed by atoms with Gasteiger partial charge in [-0.1, -0.05) is 0 Å². The van der Waals surface area contributed by atoms with Gasteiger partial charge in [-0.2, -0.15) is 0 Å². The number of nitrogens with one attached hydrogen (secondary N) is 1. The molecule has 1 aliphatic rings. The monoisotopic (exact) mass is 117 g/mol. The van der Waals surface area contributed by atoms with Crippen LogP contribution in [0.15, 0.2) is 11.5 Å². The van der Waals surface area contributed by atoms with Crippen molar-refractivity contribution in [3.63, 3.8) is 0 Å². The summed E-state index contributed by atoms with van der Waals surface area (Å²) in [5, 5.41) is 2.01. The normalized spacial score (nSPS) is 21.3. The molecule has 0 unspecified atom stereocenters. The van der Waals surface area contributed by atoms with Gasteiger partial charge >= 0.3 is 0 Å². The van der Waals surface area contributed by atoms with E-state index in [9.17, 15) is 0 Å². The lowest BCUT2D eigenvalue weighted by molar-refractivity contribution is 1.77. The molecule has 0 spiro atoms. The first-order chi connectivity index (χ1) is 3.00. The molecular weight excluding hydrogens is 113 g/mol. The van der Waals surface area contributed by atoms with E-state index >= 15 is 0 Å². The predicted octanol–water partition coefficient (Wildman–Crippen LogP) is 1.41. The molecule has 0 saturated heterocycles. The average molecular weight is 117 g/mol. The Bertz CT molecular complexity index is 76.8. The van der Waals surface area contributed by atoms with Crippen molar-refractivity contribution in [2.45, 2.75) is 0 Å². The Balaban J connectivity index is 2.46. The molecule has 32 valence electrons. The number of allylic oxidation sites excluding steroid dienone is 1. The van der Waals surface area contributed by atoms with Gasteiger partial charge in [-0.15, -0.1) is 0 Å². The quantitative estimate of drug-likeness (QED) is 0.380. The Morgan fingerprint density at radius 2 is 2.67 bits per heavy atom. The number of hydrogen-bond donors (Lipinski definition) is 1. The zero-order chi connectivity index (χ0) is 4.24. The second-order valence-electron chi connectivity index (χ2n) is 0.816. The van der Waals surface area contributed by atoms with E-state index in [0.29, 0.717) is 0 Å². The Morgan fingerprint density at radius 3 is 2.83 bits per heavy atom. The predicted molar refractivity (Wildman–Crippen MR) is 32.9 cm³/mol. The Morgan fingerprint density at radius 1 is 1.67 bits per heavy atom. The third kappa shape index (κ3) is 1.13. The van der Waals surface area contributed by atoms with Crippen LogP contribution in [0.1, 0.15) is 0 Å². The maximum absolute atomic E-state index is 3.03. The van der Waals surface area contributed by atoms with Crippen molar-refractivity contribution in [3.05, 3.63) is 11.5 Å². The zero-order valence-electron chi connectivity index (χ0n) is 3.09. The second kappa shape index (κ2) is 2.40. The Hall–Kier alpha value is 0.220. The average Bonchev–Trinajstić information content (AvgIpc) is 1.72. The minimum absolute atomic E-state index is 1.20. The molecule has 0 aromatic carbocycles. The molecule has 1 N–H and O–H groups in total. The van der Waals surface area contributed by atoms with Crippen LogP contribution in [-0.4, -0.2) is 5.80 Å². The van der Waals surface area contributed by atoms with Crippen molar-refractivity contribution >= 4 is 26.1 Å². The highest BCUT2D eigenvalue weighted by Crippen LogP contribution is 2.05. The highest BCUT2D eigenvalue weighted by atomic mass is 32.2. The minimum atomic E-state index is 1.20. The molecule has 1 heterocycles. The van der Waals surface area contributed by atoms with Gasteiger partial charge in [-0.25, -0.2) is 4.49 Å². The van der Waals surface area contributed by atoms with Crippen LogP contribution >= 0.6 is 20.3 Å². The van der Waals surface area contributed by atoms with E-state index in [4.69, 9.17) is 0 Å². The molecule has 0 aliphatic carbocycles. The van der Waals surface area contributed by atoms with Crippen LogP contribution in [-0.2, 0) is 0 Å². The largest absolute Gasteiger partial charge is 0.211 e. The maximum atomic E-state index is 3.03. The molecule has 0 saturated carbocycles. The standard InChI is InChI=1S/C3H4NPS/c1-2-5-4-6-3-1/h1-4H. The molecule has 0 amide bonds. The molecule has 3 heteroatoms. The van der Waals surface area contributed by atoms with Crippen molar-refractivity contribution in [3.8, 4) is 0 Å². The topological polar surface area (TPSA) is 12.0 Å². The summed E-state index contributed by atoms with van der Waals surface area (Å²) in [6.07, 6.45) is 2.03. The third-order valence-electron chi connectivity index (χ3n) is 0.413. The molecule has 0 bridgehead atoms. The van der Waals surface area contributed by atoms with Gasteiger partial charge in [0.15, 0.2) is 0 Å². The SMILES string of the molecule is C1=CSNP=C1. The van der Waals surface area contributed by atoms with Crippen LogP contribution < -0.4 is 4.49 Å². The lowest BCUT2D eigenvalue weighted by atomic mass is 10.8. The van der Waals surface area contributed by atoms with Crippen molar-refractivity contribution in [2.75, 3.05) is 0 Å². The molecule has 0 aromatic rings. The van der Waals surface area contributed by atoms with Crippen molar-refractivity contribution in [1.82, 2.24) is 4.49 Å². The van der Waals surface area contributed by atoms with Gasteiger partial charge in [-0.05, 0) is 37.6 Å². The molecule has 6 heavy (non-hydrogen) atoms. The van der Waals surface area contributed by atoms with Crippen LogP contribution in [0.5, 0.6) is 0 Å². The van der Waals surface area contributed by atoms with Crippen LogP contribution in [0, 0.1) is 0 Å². The van der Waals surface area contributed by atoms with Gasteiger partial charge in [-0.3, -0.25) is 0 Å². The van der Waals surface area contributed by atoms with Crippen molar-refractivity contribution < 1.29 is 0 Å². The van der Waals surface area contributed by atoms with Gasteiger partial charge in [0.1, 0.15) is 0 Å². The molecule has 1 aliphatic heterocycles. The summed E-state index contributed by atoms with van der Waals surface area (Å²) in [7, 11) is 1.20. The van der Waals surface area contributed by atoms with Crippen LogP contribution in [0.4, 0.5) is 0 Å². The summed E-state index contributed by atoms with van der Waals surface area (Å²) in [6, 6.07) is 0. The van der Waals surface area contributed by atoms with E-state index in [1.54, 1.807) is 11.9 Å². The molecule has 0 radical (unpaired) electrons. The zero-order valence-corrected chi connectivity index (χ0v) is 4.80. The van der Waals surface area contributed by atoms with E-state index in [1.807, 2.05) is 11.5 Å². The summed E-state index contributed by atoms with van der Waals surface area (Å²) < 4.78 is 3.03. The summed E-state index contributed by atoms with van der Waals surface area (Å²) in [4.78, 5) is 0.